The van der Waals surface area contributed by atoms with Crippen molar-refractivity contribution in [3.63, 3.8) is 0 Å². The SMILES string of the molecule is CC1CC2CC(C1)C(NC(=O)c1cnc(N3CC4(CCOCC4)c4cc(OCC(O)C(F)(F)F)ccc43)nc1C(F)(F)F)(C(=O)O)C2. The number of carbonyl (C=O) groups excluding carboxylic acids is 1. The Morgan fingerprint density at radius 3 is 2.53 bits per heavy atom. The Bertz CT molecular complexity index is 1550. The van der Waals surface area contributed by atoms with E-state index in [-0.39, 0.29) is 36.5 Å². The van der Waals surface area contributed by atoms with Gasteiger partial charge in [-0.3, -0.25) is 4.79 Å². The lowest BCUT2D eigenvalue weighted by Crippen LogP contribution is -2.57. The van der Waals surface area contributed by atoms with Gasteiger partial charge in [0.25, 0.3) is 5.91 Å². The second kappa shape index (κ2) is 11.8. The zero-order valence-corrected chi connectivity index (χ0v) is 25.3. The van der Waals surface area contributed by atoms with E-state index in [1.54, 1.807) is 0 Å². The number of benzene rings is 1. The molecule has 2 aliphatic heterocycles. The molecular formula is C31H34F6N4O6. The third kappa shape index (κ3) is 6.09. The van der Waals surface area contributed by atoms with Gasteiger partial charge in [-0.2, -0.15) is 26.3 Å². The van der Waals surface area contributed by atoms with E-state index in [0.29, 0.717) is 50.1 Å². The minimum absolute atomic E-state index is 0.0295. The number of nitrogens with one attached hydrogen (secondary N) is 1. The van der Waals surface area contributed by atoms with Gasteiger partial charge in [-0.25, -0.2) is 14.8 Å². The Balaban J connectivity index is 1.32. The number of carboxylic acids is 1. The number of anilines is 2. The van der Waals surface area contributed by atoms with Gasteiger partial charge in [0.2, 0.25) is 5.95 Å². The molecule has 10 nitrogen and oxygen atoms in total. The molecule has 256 valence electrons. The Kier molecular flexibility index (Phi) is 8.34. The first-order chi connectivity index (χ1) is 22.0. The molecule has 2 aliphatic carbocycles. The molecule has 16 heteroatoms. The standard InChI is InChI=1S/C31H34F6N4O6/c1-16-8-17-10-18(9-16)29(12-17,26(44)45)40-25(43)20-13-38-27(39-24(20)31(35,36)37)41-15-28(4-6-46-7-5-28)21-11-19(2-3-22(21)41)47-14-23(42)30(32,33)34/h2-3,11,13,16-18,23,42H,4-10,12,14-15H2,1H3,(H,40,43)(H,44,45). The van der Waals surface area contributed by atoms with Gasteiger partial charge in [-0.15, -0.1) is 0 Å². The van der Waals surface area contributed by atoms with Crippen LogP contribution in [0, 0.1) is 17.8 Å². The van der Waals surface area contributed by atoms with Crippen LogP contribution in [0.15, 0.2) is 24.4 Å². The molecule has 4 aliphatic rings. The summed E-state index contributed by atoms with van der Waals surface area (Å²) in [6, 6.07) is 4.31. The van der Waals surface area contributed by atoms with Crippen molar-refractivity contribution in [3.8, 4) is 5.75 Å². The average Bonchev–Trinajstić information content (AvgIpc) is 3.45. The lowest BCUT2D eigenvalue weighted by Gasteiger charge is -2.34. The Labute approximate surface area is 265 Å². The van der Waals surface area contributed by atoms with Crippen molar-refractivity contribution in [1.82, 2.24) is 15.3 Å². The van der Waals surface area contributed by atoms with E-state index >= 15 is 0 Å². The fourth-order valence-corrected chi connectivity index (χ4v) is 7.94. The van der Waals surface area contributed by atoms with Crippen molar-refractivity contribution < 1.29 is 55.6 Å². The first-order valence-corrected chi connectivity index (χ1v) is 15.4. The number of ether oxygens (including phenoxy) is 2. The number of fused-ring (bicyclic) bond motifs is 4. The minimum Gasteiger partial charge on any atom is -0.491 e. The quantitative estimate of drug-likeness (QED) is 0.348. The average molecular weight is 673 g/mol. The van der Waals surface area contributed by atoms with Gasteiger partial charge < -0.3 is 29.9 Å². The highest BCUT2D eigenvalue weighted by molar-refractivity contribution is 5.99. The maximum atomic E-state index is 14.5. The molecule has 1 aromatic heterocycles. The molecule has 0 radical (unpaired) electrons. The van der Waals surface area contributed by atoms with Crippen LogP contribution in [0.2, 0.25) is 0 Å². The van der Waals surface area contributed by atoms with Crippen LogP contribution in [0.25, 0.3) is 0 Å². The molecule has 1 saturated heterocycles. The summed E-state index contributed by atoms with van der Waals surface area (Å²) < 4.78 is 92.7. The van der Waals surface area contributed by atoms with Crippen molar-refractivity contribution in [2.75, 3.05) is 31.3 Å². The summed E-state index contributed by atoms with van der Waals surface area (Å²) >= 11 is 0. The summed E-state index contributed by atoms with van der Waals surface area (Å²) in [5.74, 6) is -3.01. The fraction of sp³-hybridized carbons (Fsp3) is 0.613. The number of carbonyl (C=O) groups is 2. The summed E-state index contributed by atoms with van der Waals surface area (Å²) in [6.07, 6.45) is -9.06. The topological polar surface area (TPSA) is 134 Å². The Hall–Kier alpha value is -3.66. The van der Waals surface area contributed by atoms with Crippen molar-refractivity contribution in [2.24, 2.45) is 17.8 Å². The number of halogens is 6. The zero-order valence-electron chi connectivity index (χ0n) is 25.3. The number of hydrogen-bond donors (Lipinski definition) is 3. The summed E-state index contributed by atoms with van der Waals surface area (Å²) in [4.78, 5) is 35.4. The van der Waals surface area contributed by atoms with Gasteiger partial charge in [0.1, 0.15) is 17.9 Å². The van der Waals surface area contributed by atoms with E-state index in [0.717, 1.165) is 12.6 Å². The maximum absolute atomic E-state index is 14.5. The zero-order chi connectivity index (χ0) is 33.9. The molecule has 1 spiro atoms. The third-order valence-electron chi connectivity index (χ3n) is 10.1. The highest BCUT2D eigenvalue weighted by atomic mass is 19.4. The number of hydrogen-bond acceptors (Lipinski definition) is 8. The lowest BCUT2D eigenvalue weighted by molar-refractivity contribution is -0.210. The number of amides is 1. The Morgan fingerprint density at radius 1 is 1.15 bits per heavy atom. The van der Waals surface area contributed by atoms with E-state index in [9.17, 15) is 46.1 Å². The molecule has 5 atom stereocenters. The molecule has 5 unspecified atom stereocenters. The van der Waals surface area contributed by atoms with E-state index < -0.39 is 65.1 Å². The van der Waals surface area contributed by atoms with Crippen LogP contribution < -0.4 is 15.0 Å². The van der Waals surface area contributed by atoms with Gasteiger partial charge in [0, 0.05) is 37.1 Å². The molecule has 2 saturated carbocycles. The molecule has 1 amide bonds. The van der Waals surface area contributed by atoms with Crippen LogP contribution in [0.4, 0.5) is 38.0 Å². The number of carboxylic acid groups (broad SMARTS) is 1. The highest BCUT2D eigenvalue weighted by Crippen LogP contribution is 2.52. The molecule has 6 rings (SSSR count). The second-order valence-corrected chi connectivity index (χ2v) is 13.3. The predicted octanol–water partition coefficient (Wildman–Crippen LogP) is 5.01. The number of aliphatic carboxylic acids is 1. The molecule has 47 heavy (non-hydrogen) atoms. The van der Waals surface area contributed by atoms with Gasteiger partial charge in [0.15, 0.2) is 11.8 Å². The molecule has 2 bridgehead atoms. The summed E-state index contributed by atoms with van der Waals surface area (Å²) in [5, 5.41) is 22.0. The number of rotatable bonds is 7. The monoisotopic (exact) mass is 672 g/mol. The number of alkyl halides is 6. The third-order valence-corrected chi connectivity index (χ3v) is 10.1. The van der Waals surface area contributed by atoms with Gasteiger partial charge in [-0.05, 0) is 80.0 Å². The second-order valence-electron chi connectivity index (χ2n) is 13.3. The van der Waals surface area contributed by atoms with Crippen LogP contribution in [-0.2, 0) is 21.1 Å². The summed E-state index contributed by atoms with van der Waals surface area (Å²) in [7, 11) is 0. The smallest absolute Gasteiger partial charge is 0.434 e. The summed E-state index contributed by atoms with van der Waals surface area (Å²) in [5.41, 5.74) is -3.82. The van der Waals surface area contributed by atoms with Crippen molar-refractivity contribution in [2.45, 2.75) is 74.9 Å². The van der Waals surface area contributed by atoms with Gasteiger partial charge in [-0.1, -0.05) is 6.92 Å². The molecule has 1 aromatic carbocycles. The predicted molar refractivity (Wildman–Crippen MR) is 152 cm³/mol. The molecule has 2 aromatic rings. The molecular weight excluding hydrogens is 638 g/mol. The fourth-order valence-electron chi connectivity index (χ4n) is 7.94. The van der Waals surface area contributed by atoms with Crippen LogP contribution in [0.1, 0.15) is 67.1 Å². The van der Waals surface area contributed by atoms with Crippen LogP contribution >= 0.6 is 0 Å². The highest BCUT2D eigenvalue weighted by Gasteiger charge is 2.57. The van der Waals surface area contributed by atoms with E-state index in [2.05, 4.69) is 15.3 Å². The van der Waals surface area contributed by atoms with Gasteiger partial charge in [0.05, 0.1) is 5.56 Å². The van der Waals surface area contributed by atoms with Gasteiger partial charge >= 0.3 is 18.3 Å². The maximum Gasteiger partial charge on any atom is 0.434 e. The van der Waals surface area contributed by atoms with E-state index in [4.69, 9.17) is 9.47 Å². The molecule has 3 N–H and O–H groups in total. The van der Waals surface area contributed by atoms with Crippen LogP contribution in [0.5, 0.6) is 5.75 Å². The first kappa shape index (κ1) is 33.2. The van der Waals surface area contributed by atoms with E-state index in [1.165, 1.54) is 23.1 Å². The summed E-state index contributed by atoms with van der Waals surface area (Å²) in [6.45, 7) is 1.70. The number of nitrogens with zero attached hydrogens (tertiary/aromatic N) is 3. The van der Waals surface area contributed by atoms with Crippen LogP contribution in [-0.4, -0.2) is 76.2 Å². The normalized spacial score (nSPS) is 27.4. The Morgan fingerprint density at radius 2 is 1.87 bits per heavy atom. The van der Waals surface area contributed by atoms with Crippen molar-refractivity contribution in [3.05, 3.63) is 41.2 Å². The number of aliphatic hydroxyl groups is 1. The lowest BCUT2D eigenvalue weighted by atomic mass is 9.76. The molecule has 3 heterocycles. The number of aromatic nitrogens is 2. The number of aliphatic hydroxyl groups excluding tert-OH is 1. The first-order valence-electron chi connectivity index (χ1n) is 15.4. The minimum atomic E-state index is -5.10. The van der Waals surface area contributed by atoms with Crippen molar-refractivity contribution in [1.29, 1.82) is 0 Å². The largest absolute Gasteiger partial charge is 0.491 e. The van der Waals surface area contributed by atoms with Crippen molar-refractivity contribution >= 4 is 23.5 Å². The molecule has 3 fully saturated rings. The van der Waals surface area contributed by atoms with E-state index in [1.807, 2.05) is 6.92 Å². The van der Waals surface area contributed by atoms with Crippen LogP contribution in [0.3, 0.4) is 0 Å².